The van der Waals surface area contributed by atoms with Crippen LogP contribution in [0.3, 0.4) is 0 Å². The quantitative estimate of drug-likeness (QED) is 0.251. The zero-order valence-electron chi connectivity index (χ0n) is 20.0. The van der Waals surface area contributed by atoms with Gasteiger partial charge < -0.3 is 9.47 Å². The second kappa shape index (κ2) is 13.6. The average Bonchev–Trinajstić information content (AvgIpc) is 2.87. The number of benzene rings is 3. The molecule has 9 heteroatoms. The molecule has 0 saturated heterocycles. The van der Waals surface area contributed by atoms with E-state index < -0.39 is 11.8 Å². The lowest BCUT2D eigenvalue weighted by atomic mass is 10.0. The van der Waals surface area contributed by atoms with Crippen LogP contribution in [0.25, 0.3) is 0 Å². The molecule has 0 bridgehead atoms. The average molecular weight is 571 g/mol. The van der Waals surface area contributed by atoms with E-state index in [1.165, 1.54) is 0 Å². The number of nitrogens with one attached hydrogen (secondary N) is 3. The lowest BCUT2D eigenvalue weighted by Crippen LogP contribution is -2.49. The van der Waals surface area contributed by atoms with Crippen molar-refractivity contribution in [1.82, 2.24) is 16.2 Å². The Balaban J connectivity index is 1.44. The summed E-state index contributed by atoms with van der Waals surface area (Å²) in [6, 6.07) is 22.6. The molecule has 0 aromatic heterocycles. The fourth-order valence-corrected chi connectivity index (χ4v) is 3.86. The molecule has 0 aliphatic heterocycles. The lowest BCUT2D eigenvalue weighted by molar-refractivity contribution is -0.123. The Kier molecular flexibility index (Phi) is 10.3. The predicted octanol–water partition coefficient (Wildman–Crippen LogP) is 4.91. The summed E-state index contributed by atoms with van der Waals surface area (Å²) in [6.07, 6.45) is 0.712. The second-order valence-electron chi connectivity index (χ2n) is 8.17. The molecule has 0 spiro atoms. The number of amides is 2. The predicted molar refractivity (Wildman–Crippen MR) is 147 cm³/mol. The second-order valence-corrected chi connectivity index (χ2v) is 9.43. The van der Waals surface area contributed by atoms with Crippen molar-refractivity contribution in [2.24, 2.45) is 0 Å². The number of thiocarbonyl (C=S) groups is 1. The van der Waals surface area contributed by atoms with Crippen molar-refractivity contribution in [3.8, 4) is 11.5 Å². The topological polar surface area (TPSA) is 88.7 Å². The maximum absolute atomic E-state index is 12.7. The third-order valence-electron chi connectivity index (χ3n) is 5.15. The van der Waals surface area contributed by atoms with Crippen molar-refractivity contribution in [3.63, 3.8) is 0 Å². The van der Waals surface area contributed by atoms with Gasteiger partial charge >= 0.3 is 0 Å². The van der Waals surface area contributed by atoms with Gasteiger partial charge in [0.05, 0.1) is 16.6 Å². The van der Waals surface area contributed by atoms with Crippen LogP contribution in [0.2, 0.25) is 0 Å². The van der Waals surface area contributed by atoms with Crippen LogP contribution in [0.4, 0.5) is 0 Å². The minimum absolute atomic E-state index is 0.0603. The fourth-order valence-electron chi connectivity index (χ4n) is 3.20. The zero-order valence-corrected chi connectivity index (χ0v) is 22.4. The number of hydrogen-bond donors (Lipinski definition) is 3. The molecule has 0 atom stereocenters. The van der Waals surface area contributed by atoms with Crippen LogP contribution >= 0.6 is 28.1 Å². The Morgan fingerprint density at radius 3 is 2.36 bits per heavy atom. The van der Waals surface area contributed by atoms with Crippen molar-refractivity contribution < 1.29 is 19.1 Å². The van der Waals surface area contributed by atoms with E-state index in [9.17, 15) is 9.59 Å². The maximum Gasteiger partial charge on any atom is 0.276 e. The van der Waals surface area contributed by atoms with Crippen LogP contribution in [0.5, 0.6) is 11.5 Å². The van der Waals surface area contributed by atoms with E-state index in [-0.39, 0.29) is 11.7 Å². The highest BCUT2D eigenvalue weighted by Crippen LogP contribution is 2.28. The molecule has 3 rings (SSSR count). The van der Waals surface area contributed by atoms with Gasteiger partial charge in [0.15, 0.2) is 11.7 Å². The molecule has 3 N–H and O–H groups in total. The third kappa shape index (κ3) is 8.35. The number of hydrogen-bond acceptors (Lipinski definition) is 5. The first-order chi connectivity index (χ1) is 17.3. The number of ether oxygens (including phenoxy) is 2. The molecule has 188 valence electrons. The van der Waals surface area contributed by atoms with Gasteiger partial charge in [0.25, 0.3) is 11.8 Å². The molecule has 36 heavy (non-hydrogen) atoms. The van der Waals surface area contributed by atoms with Crippen LogP contribution in [-0.2, 0) is 11.2 Å². The highest BCUT2D eigenvalue weighted by atomic mass is 79.9. The Labute approximate surface area is 224 Å². The monoisotopic (exact) mass is 569 g/mol. The summed E-state index contributed by atoms with van der Waals surface area (Å²) in [5.74, 6) is 0.458. The molecular weight excluding hydrogens is 542 g/mol. The molecule has 0 fully saturated rings. The molecule has 3 aromatic rings. The molecule has 0 radical (unpaired) electrons. The van der Waals surface area contributed by atoms with Gasteiger partial charge in [-0.2, -0.15) is 0 Å². The standard InChI is InChI=1S/C27H28BrN3O4S/c1-18(2)20-12-13-24(22(28)16-20)35-17-25(32)30-31-27(36)29-26(33)21-10-6-7-11-23(21)34-15-14-19-8-4-3-5-9-19/h3-13,16,18H,14-15,17H2,1-2H3,(H,30,32)(H2,29,31,33,36). The molecule has 0 saturated carbocycles. The van der Waals surface area contributed by atoms with E-state index in [1.807, 2.05) is 48.5 Å². The molecule has 3 aromatic carbocycles. The minimum Gasteiger partial charge on any atom is -0.492 e. The van der Waals surface area contributed by atoms with Crippen molar-refractivity contribution in [3.05, 3.63) is 94.0 Å². The van der Waals surface area contributed by atoms with Gasteiger partial charge in [-0.1, -0.05) is 62.4 Å². The van der Waals surface area contributed by atoms with Gasteiger partial charge in [-0.3, -0.25) is 25.8 Å². The maximum atomic E-state index is 12.7. The number of hydrazine groups is 1. The molecule has 7 nitrogen and oxygen atoms in total. The van der Waals surface area contributed by atoms with Crippen molar-refractivity contribution >= 4 is 45.1 Å². The minimum atomic E-state index is -0.462. The summed E-state index contributed by atoms with van der Waals surface area (Å²) in [7, 11) is 0. The summed E-state index contributed by atoms with van der Waals surface area (Å²) in [4.78, 5) is 24.9. The van der Waals surface area contributed by atoms with Crippen molar-refractivity contribution in [2.75, 3.05) is 13.2 Å². The molecule has 0 unspecified atom stereocenters. The van der Waals surface area contributed by atoms with Crippen LogP contribution in [0, 0.1) is 0 Å². The van der Waals surface area contributed by atoms with E-state index in [1.54, 1.807) is 24.3 Å². The number of carbonyl (C=O) groups is 2. The van der Waals surface area contributed by atoms with Crippen LogP contribution < -0.4 is 25.6 Å². The molecule has 2 amide bonds. The van der Waals surface area contributed by atoms with Gasteiger partial charge in [-0.05, 0) is 69.5 Å². The number of para-hydroxylation sites is 1. The lowest BCUT2D eigenvalue weighted by Gasteiger charge is -2.14. The summed E-state index contributed by atoms with van der Waals surface area (Å²) >= 11 is 8.59. The number of rotatable bonds is 9. The first kappa shape index (κ1) is 27.2. The highest BCUT2D eigenvalue weighted by molar-refractivity contribution is 9.10. The Morgan fingerprint density at radius 1 is 0.917 bits per heavy atom. The Hall–Kier alpha value is -3.43. The highest BCUT2D eigenvalue weighted by Gasteiger charge is 2.14. The van der Waals surface area contributed by atoms with Crippen molar-refractivity contribution in [2.45, 2.75) is 26.2 Å². The van der Waals surface area contributed by atoms with Crippen LogP contribution in [-0.4, -0.2) is 30.1 Å². The zero-order chi connectivity index (χ0) is 25.9. The molecule has 0 aliphatic rings. The summed E-state index contributed by atoms with van der Waals surface area (Å²) in [5.41, 5.74) is 7.55. The summed E-state index contributed by atoms with van der Waals surface area (Å²) < 4.78 is 12.2. The van der Waals surface area contributed by atoms with Gasteiger partial charge in [0.2, 0.25) is 0 Å². The van der Waals surface area contributed by atoms with Gasteiger partial charge in [-0.15, -0.1) is 0 Å². The van der Waals surface area contributed by atoms with E-state index in [0.29, 0.717) is 36.0 Å². The van der Waals surface area contributed by atoms with Crippen LogP contribution in [0.15, 0.2) is 77.3 Å². The molecular formula is C27H28BrN3O4S. The third-order valence-corrected chi connectivity index (χ3v) is 5.97. The molecule has 0 aliphatic carbocycles. The smallest absolute Gasteiger partial charge is 0.276 e. The Bertz CT molecular complexity index is 1200. The summed E-state index contributed by atoms with van der Waals surface area (Å²) in [5, 5.41) is 2.48. The van der Waals surface area contributed by atoms with Gasteiger partial charge in [-0.25, -0.2) is 0 Å². The number of halogens is 1. The summed E-state index contributed by atoms with van der Waals surface area (Å²) in [6.45, 7) is 4.38. The van der Waals surface area contributed by atoms with Gasteiger partial charge in [0, 0.05) is 6.42 Å². The SMILES string of the molecule is CC(C)c1ccc(OCC(=O)NNC(=S)NC(=O)c2ccccc2OCCc2ccccc2)c(Br)c1. The normalized spacial score (nSPS) is 10.4. The van der Waals surface area contributed by atoms with E-state index in [4.69, 9.17) is 21.7 Å². The van der Waals surface area contributed by atoms with Gasteiger partial charge in [0.1, 0.15) is 11.5 Å². The van der Waals surface area contributed by atoms with E-state index in [2.05, 4.69) is 45.9 Å². The first-order valence-corrected chi connectivity index (χ1v) is 12.6. The van der Waals surface area contributed by atoms with Crippen molar-refractivity contribution in [1.29, 1.82) is 0 Å². The van der Waals surface area contributed by atoms with E-state index in [0.717, 1.165) is 15.6 Å². The Morgan fingerprint density at radius 2 is 1.64 bits per heavy atom. The van der Waals surface area contributed by atoms with E-state index >= 15 is 0 Å². The van der Waals surface area contributed by atoms with Crippen LogP contribution in [0.1, 0.15) is 41.3 Å². The number of carbonyl (C=O) groups excluding carboxylic acids is 2. The fraction of sp³-hybridized carbons (Fsp3) is 0.222. The largest absolute Gasteiger partial charge is 0.492 e. The molecule has 0 heterocycles. The first-order valence-electron chi connectivity index (χ1n) is 11.4.